The summed E-state index contributed by atoms with van der Waals surface area (Å²) in [6, 6.07) is 0. The molecule has 0 bridgehead atoms. The number of rotatable bonds is 1. The van der Waals surface area contributed by atoms with Gasteiger partial charge in [-0.25, -0.2) is 4.79 Å². The molecule has 0 radical (unpaired) electrons. The normalized spacial score (nSPS) is 46.0. The van der Waals surface area contributed by atoms with Crippen LogP contribution in [0.25, 0.3) is 0 Å². The smallest absolute Gasteiger partial charge is 0.333 e. The van der Waals surface area contributed by atoms with Crippen LogP contribution in [0.5, 0.6) is 0 Å². The van der Waals surface area contributed by atoms with Gasteiger partial charge in [0.15, 0.2) is 6.10 Å². The van der Waals surface area contributed by atoms with E-state index in [4.69, 9.17) is 9.84 Å². The third-order valence-electron chi connectivity index (χ3n) is 2.45. The minimum Gasteiger partial charge on any atom is -0.479 e. The molecule has 5 atom stereocenters. The van der Waals surface area contributed by atoms with Crippen molar-refractivity contribution in [3.63, 3.8) is 0 Å². The molecule has 0 aliphatic carbocycles. The molecule has 3 N–H and O–H groups in total. The Morgan fingerprint density at radius 2 is 1.77 bits per heavy atom. The van der Waals surface area contributed by atoms with Crippen LogP contribution >= 0.6 is 0 Å². The number of carbonyl (C=O) groups is 1. The van der Waals surface area contributed by atoms with Gasteiger partial charge in [0.05, 0.1) is 12.2 Å². The molecule has 0 amide bonds. The number of aliphatic hydroxyl groups is 2. The molecule has 13 heavy (non-hydrogen) atoms. The summed E-state index contributed by atoms with van der Waals surface area (Å²) in [5.74, 6) is -1.70. The summed E-state index contributed by atoms with van der Waals surface area (Å²) in [6.07, 6.45) is -3.73. The molecule has 1 heterocycles. The first kappa shape index (κ1) is 10.4. The minimum atomic E-state index is -1.11. The summed E-state index contributed by atoms with van der Waals surface area (Å²) < 4.78 is 5.03. The maximum absolute atomic E-state index is 10.6. The van der Waals surface area contributed by atoms with Crippen molar-refractivity contribution in [3.05, 3.63) is 0 Å². The first-order valence-electron chi connectivity index (χ1n) is 4.19. The minimum absolute atomic E-state index is 0.594. The van der Waals surface area contributed by atoms with E-state index in [1.165, 1.54) is 6.92 Å². The SMILES string of the molecule is C[C@@H]1OC(C(=O)O)[C@@H](C)[C@H](O)C1O. The summed E-state index contributed by atoms with van der Waals surface area (Å²) in [5, 5.41) is 27.5. The van der Waals surface area contributed by atoms with Gasteiger partial charge in [0.2, 0.25) is 0 Å². The molecule has 2 unspecified atom stereocenters. The summed E-state index contributed by atoms with van der Waals surface area (Å²) in [5.41, 5.74) is 0. The van der Waals surface area contributed by atoms with E-state index in [2.05, 4.69) is 0 Å². The van der Waals surface area contributed by atoms with Crippen LogP contribution in [0.4, 0.5) is 0 Å². The van der Waals surface area contributed by atoms with E-state index in [0.717, 1.165) is 0 Å². The van der Waals surface area contributed by atoms with Gasteiger partial charge in [-0.05, 0) is 6.92 Å². The average Bonchev–Trinajstić information content (AvgIpc) is 2.07. The van der Waals surface area contributed by atoms with Crippen LogP contribution in [0.1, 0.15) is 13.8 Å². The van der Waals surface area contributed by atoms with Gasteiger partial charge in [0.25, 0.3) is 0 Å². The molecular formula is C8H14O5. The molecule has 1 aliphatic heterocycles. The Bertz CT molecular complexity index is 205. The maximum atomic E-state index is 10.6. The Hall–Kier alpha value is -0.650. The standard InChI is InChI=1S/C8H14O5/c1-3-5(9)6(10)4(2)13-7(3)8(11)12/h3-7,9-10H,1-2H3,(H,11,12)/t3-,4-,5-,6?,7?/m0/s1. The van der Waals surface area contributed by atoms with Crippen LogP contribution in [0, 0.1) is 5.92 Å². The van der Waals surface area contributed by atoms with Crippen molar-refractivity contribution in [3.8, 4) is 0 Å². The molecule has 0 spiro atoms. The van der Waals surface area contributed by atoms with Gasteiger partial charge in [-0.3, -0.25) is 0 Å². The molecule has 1 rings (SSSR count). The second-order valence-electron chi connectivity index (χ2n) is 3.44. The van der Waals surface area contributed by atoms with Crippen molar-refractivity contribution >= 4 is 5.97 Å². The van der Waals surface area contributed by atoms with E-state index < -0.39 is 36.3 Å². The molecule has 1 saturated heterocycles. The summed E-state index contributed by atoms with van der Waals surface area (Å²) in [6.45, 7) is 3.08. The summed E-state index contributed by atoms with van der Waals surface area (Å²) in [4.78, 5) is 10.6. The van der Waals surface area contributed by atoms with Crippen LogP contribution < -0.4 is 0 Å². The van der Waals surface area contributed by atoms with Gasteiger partial charge in [0.1, 0.15) is 6.10 Å². The summed E-state index contributed by atoms with van der Waals surface area (Å²) in [7, 11) is 0. The first-order chi connectivity index (χ1) is 5.95. The van der Waals surface area contributed by atoms with Gasteiger partial charge >= 0.3 is 5.97 Å². The Labute approximate surface area is 75.9 Å². The summed E-state index contributed by atoms with van der Waals surface area (Å²) >= 11 is 0. The molecular weight excluding hydrogens is 176 g/mol. The van der Waals surface area contributed by atoms with Crippen LogP contribution in [0.15, 0.2) is 0 Å². The fourth-order valence-electron chi connectivity index (χ4n) is 1.49. The van der Waals surface area contributed by atoms with Crippen molar-refractivity contribution in [1.82, 2.24) is 0 Å². The Morgan fingerprint density at radius 3 is 2.23 bits per heavy atom. The van der Waals surface area contributed by atoms with E-state index in [-0.39, 0.29) is 0 Å². The number of ether oxygens (including phenoxy) is 1. The largest absolute Gasteiger partial charge is 0.479 e. The lowest BCUT2D eigenvalue weighted by Crippen LogP contribution is -2.54. The zero-order valence-electron chi connectivity index (χ0n) is 7.54. The highest BCUT2D eigenvalue weighted by Gasteiger charge is 2.43. The zero-order chi connectivity index (χ0) is 10.2. The predicted octanol–water partition coefficient (Wildman–Crippen LogP) is -0.784. The molecule has 5 heteroatoms. The van der Waals surface area contributed by atoms with Crippen LogP contribution in [-0.2, 0) is 9.53 Å². The maximum Gasteiger partial charge on any atom is 0.333 e. The molecule has 1 fully saturated rings. The molecule has 0 aromatic carbocycles. The quantitative estimate of drug-likeness (QED) is 0.504. The molecule has 0 aromatic rings. The highest BCUT2D eigenvalue weighted by molar-refractivity contribution is 5.73. The van der Waals surface area contributed by atoms with Crippen molar-refractivity contribution in [2.75, 3.05) is 0 Å². The molecule has 5 nitrogen and oxygen atoms in total. The number of aliphatic carboxylic acids is 1. The Kier molecular flexibility index (Phi) is 2.90. The topological polar surface area (TPSA) is 87.0 Å². The van der Waals surface area contributed by atoms with E-state index in [9.17, 15) is 15.0 Å². The van der Waals surface area contributed by atoms with E-state index in [0.29, 0.717) is 0 Å². The van der Waals surface area contributed by atoms with E-state index in [1.807, 2.05) is 0 Å². The lowest BCUT2D eigenvalue weighted by molar-refractivity contribution is -0.204. The van der Waals surface area contributed by atoms with Gasteiger partial charge < -0.3 is 20.1 Å². The highest BCUT2D eigenvalue weighted by Crippen LogP contribution is 2.25. The fourth-order valence-corrected chi connectivity index (χ4v) is 1.49. The Balaban J connectivity index is 2.76. The number of carboxylic acid groups (broad SMARTS) is 1. The monoisotopic (exact) mass is 190 g/mol. The van der Waals surface area contributed by atoms with Crippen LogP contribution in [-0.4, -0.2) is 45.7 Å². The van der Waals surface area contributed by atoms with Gasteiger partial charge in [0, 0.05) is 5.92 Å². The lowest BCUT2D eigenvalue weighted by atomic mass is 9.88. The molecule has 76 valence electrons. The van der Waals surface area contributed by atoms with Crippen molar-refractivity contribution in [1.29, 1.82) is 0 Å². The van der Waals surface area contributed by atoms with Gasteiger partial charge in [-0.2, -0.15) is 0 Å². The van der Waals surface area contributed by atoms with Gasteiger partial charge in [-0.15, -0.1) is 0 Å². The first-order valence-corrected chi connectivity index (χ1v) is 4.19. The number of aliphatic hydroxyl groups excluding tert-OH is 2. The third-order valence-corrected chi connectivity index (χ3v) is 2.45. The van der Waals surface area contributed by atoms with Crippen molar-refractivity contribution < 1.29 is 24.9 Å². The average molecular weight is 190 g/mol. The number of carboxylic acids is 1. The molecule has 0 saturated carbocycles. The second-order valence-corrected chi connectivity index (χ2v) is 3.44. The van der Waals surface area contributed by atoms with Crippen molar-refractivity contribution in [2.24, 2.45) is 5.92 Å². The van der Waals surface area contributed by atoms with Crippen LogP contribution in [0.3, 0.4) is 0 Å². The van der Waals surface area contributed by atoms with E-state index >= 15 is 0 Å². The lowest BCUT2D eigenvalue weighted by Gasteiger charge is -2.38. The predicted molar refractivity (Wildman–Crippen MR) is 43.1 cm³/mol. The fraction of sp³-hybridized carbons (Fsp3) is 0.875. The highest BCUT2D eigenvalue weighted by atomic mass is 16.5. The number of hydrogen-bond acceptors (Lipinski definition) is 4. The molecule has 1 aliphatic rings. The van der Waals surface area contributed by atoms with E-state index in [1.54, 1.807) is 6.92 Å². The zero-order valence-corrected chi connectivity index (χ0v) is 7.54. The van der Waals surface area contributed by atoms with Crippen LogP contribution in [0.2, 0.25) is 0 Å². The third kappa shape index (κ3) is 1.82. The van der Waals surface area contributed by atoms with Crippen molar-refractivity contribution in [2.45, 2.75) is 38.3 Å². The van der Waals surface area contributed by atoms with Gasteiger partial charge in [-0.1, -0.05) is 6.92 Å². The molecule has 0 aromatic heterocycles. The second kappa shape index (κ2) is 3.61. The number of hydrogen-bond donors (Lipinski definition) is 3. The Morgan fingerprint density at radius 1 is 1.23 bits per heavy atom.